The summed E-state index contributed by atoms with van der Waals surface area (Å²) in [4.78, 5) is 14.1. The van der Waals surface area contributed by atoms with Gasteiger partial charge in [0.15, 0.2) is 0 Å². The Labute approximate surface area is 177 Å². The van der Waals surface area contributed by atoms with Crippen LogP contribution in [0.3, 0.4) is 0 Å². The van der Waals surface area contributed by atoms with Crippen LogP contribution in [0.5, 0.6) is 0 Å². The summed E-state index contributed by atoms with van der Waals surface area (Å²) in [7, 11) is 0. The van der Waals surface area contributed by atoms with Crippen molar-refractivity contribution in [1.29, 1.82) is 0 Å². The maximum Gasteiger partial charge on any atom is 0.416 e. The number of alkyl halides is 3. The van der Waals surface area contributed by atoms with E-state index in [0.29, 0.717) is 21.1 Å². The molecule has 0 spiro atoms. The maximum absolute atomic E-state index is 13.1. The van der Waals surface area contributed by atoms with Crippen LogP contribution in [0.15, 0.2) is 30.3 Å². The molecule has 1 amide bonds. The van der Waals surface area contributed by atoms with E-state index >= 15 is 0 Å². The standard InChI is InChI=1S/C22H24F3N3OS/c1-14-18-13-19(20(29)26-16-9-5-3-2-4-6-10-16)30-21(18)28(27-14)17-11-7-8-15(12-17)22(23,24)25/h7-8,11-13,16H,2-6,9-10H2,1H3,(H,26,29). The molecule has 2 aromatic heterocycles. The second kappa shape index (κ2) is 8.41. The van der Waals surface area contributed by atoms with Gasteiger partial charge in [0, 0.05) is 11.4 Å². The largest absolute Gasteiger partial charge is 0.416 e. The molecule has 0 atom stereocenters. The molecule has 1 saturated carbocycles. The molecular weight excluding hydrogens is 411 g/mol. The van der Waals surface area contributed by atoms with Gasteiger partial charge in [0.25, 0.3) is 5.91 Å². The lowest BCUT2D eigenvalue weighted by atomic mass is 9.97. The van der Waals surface area contributed by atoms with Crippen molar-refractivity contribution >= 4 is 27.5 Å². The Morgan fingerprint density at radius 2 is 1.83 bits per heavy atom. The highest BCUT2D eigenvalue weighted by Crippen LogP contribution is 2.34. The minimum Gasteiger partial charge on any atom is -0.349 e. The fraction of sp³-hybridized carbons (Fsp3) is 0.455. The molecule has 4 rings (SSSR count). The van der Waals surface area contributed by atoms with Gasteiger partial charge < -0.3 is 5.32 Å². The fourth-order valence-electron chi connectivity index (χ4n) is 4.01. The van der Waals surface area contributed by atoms with Crippen LogP contribution in [0, 0.1) is 6.92 Å². The fourth-order valence-corrected chi connectivity index (χ4v) is 5.09. The zero-order valence-electron chi connectivity index (χ0n) is 16.8. The molecule has 4 nitrogen and oxygen atoms in total. The average molecular weight is 436 g/mol. The molecule has 0 aliphatic heterocycles. The maximum atomic E-state index is 13.1. The van der Waals surface area contributed by atoms with E-state index in [-0.39, 0.29) is 11.9 Å². The van der Waals surface area contributed by atoms with Crippen LogP contribution >= 0.6 is 11.3 Å². The van der Waals surface area contributed by atoms with Crippen molar-refractivity contribution in [3.8, 4) is 5.69 Å². The summed E-state index contributed by atoms with van der Waals surface area (Å²) < 4.78 is 40.8. The van der Waals surface area contributed by atoms with Crippen molar-refractivity contribution in [2.24, 2.45) is 0 Å². The van der Waals surface area contributed by atoms with Gasteiger partial charge >= 0.3 is 6.18 Å². The Hall–Kier alpha value is -2.35. The van der Waals surface area contributed by atoms with E-state index in [1.165, 1.54) is 41.3 Å². The van der Waals surface area contributed by atoms with E-state index in [1.54, 1.807) is 19.1 Å². The smallest absolute Gasteiger partial charge is 0.349 e. The van der Waals surface area contributed by atoms with Crippen molar-refractivity contribution < 1.29 is 18.0 Å². The minimum absolute atomic E-state index is 0.114. The number of thiophene rings is 1. The second-order valence-corrected chi connectivity index (χ2v) is 8.92. The molecule has 1 N–H and O–H groups in total. The quantitative estimate of drug-likeness (QED) is 0.528. The number of nitrogens with one attached hydrogen (secondary N) is 1. The highest BCUT2D eigenvalue weighted by atomic mass is 32.1. The summed E-state index contributed by atoms with van der Waals surface area (Å²) in [6.07, 6.45) is 3.50. The van der Waals surface area contributed by atoms with Gasteiger partial charge in [0.05, 0.1) is 21.8 Å². The minimum atomic E-state index is -4.42. The summed E-state index contributed by atoms with van der Waals surface area (Å²) in [5.41, 5.74) is 0.292. The number of rotatable bonds is 3. The number of nitrogens with zero attached hydrogens (tertiary/aromatic N) is 2. The number of carbonyl (C=O) groups excluding carboxylic acids is 1. The number of hydrogen-bond acceptors (Lipinski definition) is 3. The molecule has 0 radical (unpaired) electrons. The second-order valence-electron chi connectivity index (χ2n) is 7.89. The van der Waals surface area contributed by atoms with Gasteiger partial charge in [-0.3, -0.25) is 4.79 Å². The van der Waals surface area contributed by atoms with Crippen LogP contribution in [0.4, 0.5) is 13.2 Å². The third-order valence-corrected chi connectivity index (χ3v) is 6.74. The van der Waals surface area contributed by atoms with E-state index in [1.807, 2.05) is 0 Å². The molecule has 1 fully saturated rings. The number of aromatic nitrogens is 2. The van der Waals surface area contributed by atoms with Crippen LogP contribution in [-0.2, 0) is 6.18 Å². The third-order valence-electron chi connectivity index (χ3n) is 5.63. The van der Waals surface area contributed by atoms with Gasteiger partial charge in [0.2, 0.25) is 0 Å². The molecule has 3 aromatic rings. The number of hydrogen-bond donors (Lipinski definition) is 1. The van der Waals surface area contributed by atoms with Gasteiger partial charge in [0.1, 0.15) is 4.83 Å². The molecule has 1 aliphatic carbocycles. The summed E-state index contributed by atoms with van der Waals surface area (Å²) in [6.45, 7) is 1.80. The highest BCUT2D eigenvalue weighted by Gasteiger charge is 2.31. The first-order valence-corrected chi connectivity index (χ1v) is 11.1. The number of amides is 1. The van der Waals surface area contributed by atoms with Crippen LogP contribution in [0.2, 0.25) is 0 Å². The third kappa shape index (κ3) is 4.38. The van der Waals surface area contributed by atoms with Crippen molar-refractivity contribution in [1.82, 2.24) is 15.1 Å². The lowest BCUT2D eigenvalue weighted by Crippen LogP contribution is -2.34. The zero-order valence-corrected chi connectivity index (χ0v) is 17.6. The van der Waals surface area contributed by atoms with Crippen molar-refractivity contribution in [2.45, 2.75) is 64.1 Å². The monoisotopic (exact) mass is 435 g/mol. The lowest BCUT2D eigenvalue weighted by molar-refractivity contribution is -0.137. The van der Waals surface area contributed by atoms with Gasteiger partial charge in [-0.2, -0.15) is 18.3 Å². The number of halogens is 3. The first-order chi connectivity index (χ1) is 14.3. The Morgan fingerprint density at radius 3 is 2.53 bits per heavy atom. The van der Waals surface area contributed by atoms with Crippen molar-refractivity contribution in [2.75, 3.05) is 0 Å². The molecule has 160 valence electrons. The predicted octanol–water partition coefficient (Wildman–Crippen LogP) is 6.26. The van der Waals surface area contributed by atoms with Crippen LogP contribution in [0.25, 0.3) is 15.9 Å². The summed E-state index contributed by atoms with van der Waals surface area (Å²) in [5.74, 6) is -0.114. The molecule has 1 aliphatic rings. The zero-order chi connectivity index (χ0) is 21.3. The van der Waals surface area contributed by atoms with Gasteiger partial charge in [-0.15, -0.1) is 11.3 Å². The number of benzene rings is 1. The highest BCUT2D eigenvalue weighted by molar-refractivity contribution is 7.20. The lowest BCUT2D eigenvalue weighted by Gasteiger charge is -2.20. The molecule has 0 saturated heterocycles. The first-order valence-electron chi connectivity index (χ1n) is 10.3. The number of carbonyl (C=O) groups is 1. The SMILES string of the molecule is Cc1nn(-c2cccc(C(F)(F)F)c2)c2sc(C(=O)NC3CCCCCCC3)cc12. The molecule has 2 heterocycles. The van der Waals surface area contributed by atoms with E-state index in [9.17, 15) is 18.0 Å². The predicted molar refractivity (Wildman–Crippen MR) is 112 cm³/mol. The summed E-state index contributed by atoms with van der Waals surface area (Å²) in [6, 6.07) is 7.07. The van der Waals surface area contributed by atoms with Crippen molar-refractivity contribution in [3.63, 3.8) is 0 Å². The van der Waals surface area contributed by atoms with Crippen LogP contribution < -0.4 is 5.32 Å². The molecule has 1 aromatic carbocycles. The van der Waals surface area contributed by atoms with Gasteiger partial charge in [-0.25, -0.2) is 4.68 Å². The molecular formula is C22H24F3N3OS. The van der Waals surface area contributed by atoms with E-state index in [2.05, 4.69) is 10.4 Å². The van der Waals surface area contributed by atoms with Crippen LogP contribution in [0.1, 0.15) is 65.9 Å². The topological polar surface area (TPSA) is 46.9 Å². The van der Waals surface area contributed by atoms with E-state index in [4.69, 9.17) is 0 Å². The van der Waals surface area contributed by atoms with Gasteiger partial charge in [-0.05, 0) is 44.0 Å². The Bertz CT molecular complexity index is 1050. The van der Waals surface area contributed by atoms with Crippen molar-refractivity contribution in [3.05, 3.63) is 46.5 Å². The molecule has 30 heavy (non-hydrogen) atoms. The van der Waals surface area contributed by atoms with E-state index in [0.717, 1.165) is 43.2 Å². The molecule has 0 bridgehead atoms. The molecule has 8 heteroatoms. The Balaban J connectivity index is 1.61. The normalized spacial score (nSPS) is 16.4. The summed E-state index contributed by atoms with van der Waals surface area (Å²) >= 11 is 1.27. The number of aryl methyl sites for hydroxylation is 1. The average Bonchev–Trinajstić information content (AvgIpc) is 3.24. The molecule has 0 unspecified atom stereocenters. The van der Waals surface area contributed by atoms with E-state index < -0.39 is 11.7 Å². The van der Waals surface area contributed by atoms with Gasteiger partial charge in [-0.1, -0.05) is 38.2 Å². The van der Waals surface area contributed by atoms with Crippen LogP contribution in [-0.4, -0.2) is 21.7 Å². The Kier molecular flexibility index (Phi) is 5.86. The first kappa shape index (κ1) is 20.9. The Morgan fingerprint density at radius 1 is 1.13 bits per heavy atom. The summed E-state index contributed by atoms with van der Waals surface area (Å²) in [5, 5.41) is 8.36. The number of fused-ring (bicyclic) bond motifs is 1.